The number of rotatable bonds is 1. The van der Waals surface area contributed by atoms with E-state index in [1.165, 1.54) is 12.1 Å². The number of amides is 1. The summed E-state index contributed by atoms with van der Waals surface area (Å²) in [6.45, 7) is 3.39. The van der Waals surface area contributed by atoms with Gasteiger partial charge in [-0.1, -0.05) is 12.7 Å². The Kier molecular flexibility index (Phi) is 1.84. The van der Waals surface area contributed by atoms with E-state index in [1.807, 2.05) is 0 Å². The summed E-state index contributed by atoms with van der Waals surface area (Å²) in [6.07, 6.45) is 1.18. The van der Waals surface area contributed by atoms with E-state index in [0.29, 0.717) is 0 Å². The molecule has 0 unspecified atom stereocenters. The molecule has 0 bridgehead atoms. The van der Waals surface area contributed by atoms with Crippen molar-refractivity contribution in [1.29, 1.82) is 0 Å². The zero-order valence-corrected chi connectivity index (χ0v) is 7.23. The number of hydrogen-bond acceptors (Lipinski definition) is 1. The molecule has 14 heavy (non-hydrogen) atoms. The van der Waals surface area contributed by atoms with Gasteiger partial charge in [0, 0.05) is 23.2 Å². The van der Waals surface area contributed by atoms with Gasteiger partial charge in [-0.3, -0.25) is 4.79 Å². The van der Waals surface area contributed by atoms with Gasteiger partial charge < -0.3 is 5.32 Å². The highest BCUT2D eigenvalue weighted by Crippen LogP contribution is 2.24. The highest BCUT2D eigenvalue weighted by Gasteiger charge is 2.25. The van der Waals surface area contributed by atoms with Crippen LogP contribution in [0.15, 0.2) is 12.6 Å². The summed E-state index contributed by atoms with van der Waals surface area (Å²) in [5.74, 6) is -2.28. The molecule has 1 aromatic carbocycles. The van der Waals surface area contributed by atoms with Gasteiger partial charge in [0.1, 0.15) is 0 Å². The molecule has 1 aliphatic heterocycles. The number of halogens is 2. The molecule has 1 aliphatic rings. The van der Waals surface area contributed by atoms with Crippen molar-refractivity contribution in [3.63, 3.8) is 0 Å². The monoisotopic (exact) mass is 195 g/mol. The van der Waals surface area contributed by atoms with Gasteiger partial charge in [0.05, 0.1) is 0 Å². The summed E-state index contributed by atoms with van der Waals surface area (Å²) in [5.41, 5.74) is 0.301. The largest absolute Gasteiger partial charge is 0.348 e. The minimum atomic E-state index is -0.962. The van der Waals surface area contributed by atoms with Crippen LogP contribution >= 0.6 is 0 Å². The first-order valence-electron chi connectivity index (χ1n) is 4.06. The average molecular weight is 195 g/mol. The lowest BCUT2D eigenvalue weighted by molar-refractivity contribution is 0.0965. The van der Waals surface area contributed by atoms with Gasteiger partial charge >= 0.3 is 0 Å². The molecule has 0 fully saturated rings. The Morgan fingerprint density at radius 1 is 1.43 bits per heavy atom. The molecule has 4 heteroatoms. The molecule has 0 aromatic heterocycles. The van der Waals surface area contributed by atoms with Crippen molar-refractivity contribution in [2.75, 3.05) is 0 Å². The van der Waals surface area contributed by atoms with E-state index in [1.54, 1.807) is 0 Å². The Balaban J connectivity index is 2.74. The van der Waals surface area contributed by atoms with Crippen molar-refractivity contribution >= 4 is 12.0 Å². The number of benzene rings is 1. The third-order valence-electron chi connectivity index (χ3n) is 2.23. The third-order valence-corrected chi connectivity index (χ3v) is 2.23. The van der Waals surface area contributed by atoms with E-state index >= 15 is 0 Å². The van der Waals surface area contributed by atoms with Gasteiger partial charge in [0.15, 0.2) is 11.6 Å². The Labute approximate surface area is 79.2 Å². The van der Waals surface area contributed by atoms with Crippen molar-refractivity contribution in [3.8, 4) is 0 Å². The number of fused-ring (bicyclic) bond motifs is 1. The van der Waals surface area contributed by atoms with Gasteiger partial charge in [0.2, 0.25) is 0 Å². The summed E-state index contributed by atoms with van der Waals surface area (Å²) >= 11 is 0. The van der Waals surface area contributed by atoms with Crippen LogP contribution in [0.4, 0.5) is 8.78 Å². The van der Waals surface area contributed by atoms with Crippen LogP contribution in [0.25, 0.3) is 6.08 Å². The van der Waals surface area contributed by atoms with E-state index in [2.05, 4.69) is 11.9 Å². The topological polar surface area (TPSA) is 29.1 Å². The second kappa shape index (κ2) is 2.90. The molecule has 72 valence electrons. The third kappa shape index (κ3) is 1.04. The number of carbonyl (C=O) groups is 1. The lowest BCUT2D eigenvalue weighted by atomic mass is 10.0. The minimum absolute atomic E-state index is 0.0123. The quantitative estimate of drug-likeness (QED) is 0.728. The van der Waals surface area contributed by atoms with Gasteiger partial charge in [-0.2, -0.15) is 0 Å². The maximum atomic E-state index is 13.3. The van der Waals surface area contributed by atoms with Crippen LogP contribution in [-0.2, 0) is 6.54 Å². The molecule has 1 N–H and O–H groups in total. The maximum absolute atomic E-state index is 13.3. The molecule has 1 aromatic rings. The van der Waals surface area contributed by atoms with Gasteiger partial charge in [-0.15, -0.1) is 0 Å². The molecule has 1 heterocycles. The van der Waals surface area contributed by atoms with E-state index in [9.17, 15) is 13.6 Å². The van der Waals surface area contributed by atoms with Crippen molar-refractivity contribution in [3.05, 3.63) is 41.0 Å². The SMILES string of the molecule is C=Cc1cc2c(c(F)c1F)CNC2=O. The van der Waals surface area contributed by atoms with Crippen LogP contribution in [0.3, 0.4) is 0 Å². The fourth-order valence-corrected chi connectivity index (χ4v) is 1.47. The summed E-state index contributed by atoms with van der Waals surface area (Å²) in [5, 5.41) is 2.42. The molecular formula is C10H7F2NO. The van der Waals surface area contributed by atoms with Gasteiger partial charge in [-0.05, 0) is 6.07 Å². The van der Waals surface area contributed by atoms with E-state index in [0.717, 1.165) is 0 Å². The summed E-state index contributed by atoms with van der Waals surface area (Å²) in [7, 11) is 0. The molecule has 0 atom stereocenters. The second-order valence-electron chi connectivity index (χ2n) is 3.01. The zero-order chi connectivity index (χ0) is 10.3. The van der Waals surface area contributed by atoms with Gasteiger partial charge in [-0.25, -0.2) is 8.78 Å². The number of carbonyl (C=O) groups excluding carboxylic acids is 1. The molecule has 0 radical (unpaired) electrons. The zero-order valence-electron chi connectivity index (χ0n) is 7.23. The highest BCUT2D eigenvalue weighted by molar-refractivity contribution is 5.98. The molecule has 2 rings (SSSR count). The molecule has 0 saturated carbocycles. The molecule has 0 spiro atoms. The second-order valence-corrected chi connectivity index (χ2v) is 3.01. The van der Waals surface area contributed by atoms with Crippen LogP contribution in [0.2, 0.25) is 0 Å². The van der Waals surface area contributed by atoms with E-state index in [-0.39, 0.29) is 29.1 Å². The standard InChI is InChI=1S/C10H7F2NO/c1-2-5-3-6-7(4-13-10(6)14)9(12)8(5)11/h2-3H,1,4H2,(H,13,14). The predicted molar refractivity (Wildman–Crippen MR) is 47.6 cm³/mol. The number of nitrogens with one attached hydrogen (secondary N) is 1. The Morgan fingerprint density at radius 2 is 2.14 bits per heavy atom. The summed E-state index contributed by atoms with van der Waals surface area (Å²) in [4.78, 5) is 11.2. The minimum Gasteiger partial charge on any atom is -0.348 e. The number of hydrogen-bond donors (Lipinski definition) is 1. The smallest absolute Gasteiger partial charge is 0.252 e. The summed E-state index contributed by atoms with van der Waals surface area (Å²) in [6, 6.07) is 1.31. The van der Waals surface area contributed by atoms with Crippen molar-refractivity contribution in [2.45, 2.75) is 6.54 Å². The highest BCUT2D eigenvalue weighted by atomic mass is 19.2. The maximum Gasteiger partial charge on any atom is 0.252 e. The fraction of sp³-hybridized carbons (Fsp3) is 0.100. The summed E-state index contributed by atoms with van der Waals surface area (Å²) < 4.78 is 26.5. The van der Waals surface area contributed by atoms with Crippen LogP contribution in [-0.4, -0.2) is 5.91 Å². The molecular weight excluding hydrogens is 188 g/mol. The van der Waals surface area contributed by atoms with E-state index < -0.39 is 11.6 Å². The normalized spacial score (nSPS) is 13.7. The van der Waals surface area contributed by atoms with Crippen LogP contribution in [0, 0.1) is 11.6 Å². The molecule has 0 aliphatic carbocycles. The Hall–Kier alpha value is -1.71. The fourth-order valence-electron chi connectivity index (χ4n) is 1.47. The molecule has 1 amide bonds. The van der Waals surface area contributed by atoms with Crippen LogP contribution in [0.5, 0.6) is 0 Å². The predicted octanol–water partition coefficient (Wildman–Crippen LogP) is 1.85. The Bertz CT molecular complexity index is 440. The van der Waals surface area contributed by atoms with Crippen LogP contribution < -0.4 is 5.32 Å². The van der Waals surface area contributed by atoms with E-state index in [4.69, 9.17) is 0 Å². The molecule has 2 nitrogen and oxygen atoms in total. The average Bonchev–Trinajstić information content (AvgIpc) is 2.54. The van der Waals surface area contributed by atoms with Crippen molar-refractivity contribution in [2.24, 2.45) is 0 Å². The Morgan fingerprint density at radius 3 is 2.79 bits per heavy atom. The lowest BCUT2D eigenvalue weighted by Crippen LogP contribution is -2.12. The first-order valence-corrected chi connectivity index (χ1v) is 4.06. The first kappa shape index (κ1) is 8.87. The first-order chi connectivity index (χ1) is 6.65. The van der Waals surface area contributed by atoms with Crippen LogP contribution in [0.1, 0.15) is 21.5 Å². The van der Waals surface area contributed by atoms with Crippen molar-refractivity contribution in [1.82, 2.24) is 5.32 Å². The lowest BCUT2D eigenvalue weighted by Gasteiger charge is -2.02. The van der Waals surface area contributed by atoms with Gasteiger partial charge in [0.25, 0.3) is 5.91 Å². The molecule has 0 saturated heterocycles. The van der Waals surface area contributed by atoms with Crippen molar-refractivity contribution < 1.29 is 13.6 Å².